The van der Waals surface area contributed by atoms with Gasteiger partial charge in [0.1, 0.15) is 0 Å². The number of halogens is 1. The Bertz CT molecular complexity index is 389. The maximum atomic E-state index is 14.1. The van der Waals surface area contributed by atoms with Crippen LogP contribution in [-0.4, -0.2) is 28.6 Å². The summed E-state index contributed by atoms with van der Waals surface area (Å²) in [5.74, 6) is 0.188. The van der Waals surface area contributed by atoms with Crippen molar-refractivity contribution in [2.24, 2.45) is 5.73 Å². The van der Waals surface area contributed by atoms with Crippen LogP contribution >= 0.6 is 11.8 Å². The molecule has 1 saturated heterocycles. The Morgan fingerprint density at radius 3 is 2.71 bits per heavy atom. The molecule has 0 spiro atoms. The number of hydrogen-bond donors (Lipinski definition) is 1. The SMILES string of the molecule is CC1CN(c2nccc(CN)c2F)CC(C)S1. The largest absolute Gasteiger partial charge is 0.352 e. The van der Waals surface area contributed by atoms with Gasteiger partial charge in [0, 0.05) is 41.9 Å². The maximum absolute atomic E-state index is 14.1. The number of anilines is 1. The van der Waals surface area contributed by atoms with Gasteiger partial charge in [-0.2, -0.15) is 11.8 Å². The van der Waals surface area contributed by atoms with Crippen LogP contribution in [0.25, 0.3) is 0 Å². The van der Waals surface area contributed by atoms with Crippen LogP contribution in [-0.2, 0) is 6.54 Å². The maximum Gasteiger partial charge on any atom is 0.170 e. The zero-order chi connectivity index (χ0) is 12.4. The standard InChI is InChI=1S/C12H18FN3S/c1-8-6-16(7-9(2)17-8)12-11(13)10(5-14)3-4-15-12/h3-4,8-9H,5-7,14H2,1-2H3. The van der Waals surface area contributed by atoms with Crippen molar-refractivity contribution in [1.29, 1.82) is 0 Å². The minimum Gasteiger partial charge on any atom is -0.352 e. The summed E-state index contributed by atoms with van der Waals surface area (Å²) >= 11 is 1.94. The number of nitrogens with zero attached hydrogens (tertiary/aromatic N) is 2. The molecule has 0 saturated carbocycles. The van der Waals surface area contributed by atoms with Crippen LogP contribution in [0, 0.1) is 5.82 Å². The second-order valence-electron chi connectivity index (χ2n) is 4.47. The molecule has 1 aromatic heterocycles. The second-order valence-corrected chi connectivity index (χ2v) is 6.36. The molecule has 2 rings (SSSR count). The van der Waals surface area contributed by atoms with E-state index in [2.05, 4.69) is 18.8 Å². The first-order valence-electron chi connectivity index (χ1n) is 5.85. The van der Waals surface area contributed by atoms with Gasteiger partial charge in [0.25, 0.3) is 0 Å². The number of aromatic nitrogens is 1. The second kappa shape index (κ2) is 5.23. The third-order valence-electron chi connectivity index (χ3n) is 2.89. The van der Waals surface area contributed by atoms with Gasteiger partial charge in [0.2, 0.25) is 0 Å². The Morgan fingerprint density at radius 2 is 2.12 bits per heavy atom. The van der Waals surface area contributed by atoms with Gasteiger partial charge < -0.3 is 10.6 Å². The van der Waals surface area contributed by atoms with Gasteiger partial charge >= 0.3 is 0 Å². The highest BCUT2D eigenvalue weighted by atomic mass is 32.2. The van der Waals surface area contributed by atoms with Crippen LogP contribution < -0.4 is 10.6 Å². The Balaban J connectivity index is 2.27. The van der Waals surface area contributed by atoms with Crippen molar-refractivity contribution in [2.75, 3.05) is 18.0 Å². The minimum absolute atomic E-state index is 0.217. The third kappa shape index (κ3) is 2.72. The Kier molecular flexibility index (Phi) is 3.89. The number of pyridine rings is 1. The monoisotopic (exact) mass is 255 g/mol. The average molecular weight is 255 g/mol. The van der Waals surface area contributed by atoms with Crippen LogP contribution in [0.2, 0.25) is 0 Å². The minimum atomic E-state index is -0.263. The van der Waals surface area contributed by atoms with E-state index in [-0.39, 0.29) is 12.4 Å². The summed E-state index contributed by atoms with van der Waals surface area (Å²) in [5, 5.41) is 1.00. The summed E-state index contributed by atoms with van der Waals surface area (Å²) < 4.78 is 14.1. The third-order valence-corrected chi connectivity index (χ3v) is 4.12. The molecule has 94 valence electrons. The molecule has 1 aliphatic heterocycles. The summed E-state index contributed by atoms with van der Waals surface area (Å²) in [4.78, 5) is 6.19. The first kappa shape index (κ1) is 12.6. The highest BCUT2D eigenvalue weighted by Gasteiger charge is 2.25. The predicted molar refractivity (Wildman–Crippen MR) is 70.8 cm³/mol. The molecular weight excluding hydrogens is 237 g/mol. The lowest BCUT2D eigenvalue weighted by Gasteiger charge is -2.35. The lowest BCUT2D eigenvalue weighted by molar-refractivity contribution is 0.588. The smallest absolute Gasteiger partial charge is 0.170 e. The molecule has 0 bridgehead atoms. The first-order valence-corrected chi connectivity index (χ1v) is 6.80. The summed E-state index contributed by atoms with van der Waals surface area (Å²) in [6.45, 7) is 6.23. The van der Waals surface area contributed by atoms with Gasteiger partial charge in [0.05, 0.1) is 0 Å². The lowest BCUT2D eigenvalue weighted by atomic mass is 10.2. The summed E-state index contributed by atoms with van der Waals surface area (Å²) in [7, 11) is 0. The van der Waals surface area contributed by atoms with E-state index in [1.54, 1.807) is 12.3 Å². The fourth-order valence-electron chi connectivity index (χ4n) is 2.20. The van der Waals surface area contributed by atoms with Gasteiger partial charge in [-0.3, -0.25) is 0 Å². The van der Waals surface area contributed by atoms with Crippen molar-refractivity contribution in [2.45, 2.75) is 30.9 Å². The molecule has 1 fully saturated rings. The highest BCUT2D eigenvalue weighted by molar-refractivity contribution is 8.00. The molecule has 2 unspecified atom stereocenters. The average Bonchev–Trinajstić information content (AvgIpc) is 2.28. The molecule has 2 N–H and O–H groups in total. The highest BCUT2D eigenvalue weighted by Crippen LogP contribution is 2.29. The van der Waals surface area contributed by atoms with Gasteiger partial charge in [-0.1, -0.05) is 13.8 Å². The molecule has 0 amide bonds. The van der Waals surface area contributed by atoms with Crippen LogP contribution in [0.3, 0.4) is 0 Å². The Hall–Kier alpha value is -0.810. The Labute approximate surface area is 106 Å². The number of nitrogens with two attached hydrogens (primary N) is 1. The van der Waals surface area contributed by atoms with E-state index in [1.807, 2.05) is 16.7 Å². The van der Waals surface area contributed by atoms with Crippen molar-refractivity contribution < 1.29 is 4.39 Å². The first-order chi connectivity index (χ1) is 8.11. The van der Waals surface area contributed by atoms with Gasteiger partial charge in [-0.15, -0.1) is 0 Å². The normalized spacial score (nSPS) is 25.1. The molecule has 0 aliphatic carbocycles. The van der Waals surface area contributed by atoms with Gasteiger partial charge in [-0.05, 0) is 6.07 Å². The molecule has 0 aromatic carbocycles. The molecule has 1 aromatic rings. The van der Waals surface area contributed by atoms with Crippen molar-refractivity contribution in [1.82, 2.24) is 4.98 Å². The van der Waals surface area contributed by atoms with E-state index >= 15 is 0 Å². The van der Waals surface area contributed by atoms with Crippen LogP contribution in [0.4, 0.5) is 10.2 Å². The van der Waals surface area contributed by atoms with E-state index in [1.165, 1.54) is 0 Å². The van der Waals surface area contributed by atoms with Gasteiger partial charge in [0.15, 0.2) is 11.6 Å². The zero-order valence-corrected chi connectivity index (χ0v) is 11.0. The predicted octanol–water partition coefficient (Wildman–Crippen LogP) is 2.01. The topological polar surface area (TPSA) is 42.2 Å². The quantitative estimate of drug-likeness (QED) is 0.878. The van der Waals surface area contributed by atoms with Crippen molar-refractivity contribution in [3.8, 4) is 0 Å². The zero-order valence-electron chi connectivity index (χ0n) is 10.2. The summed E-state index contributed by atoms with van der Waals surface area (Å²) in [6.07, 6.45) is 1.64. The molecule has 5 heteroatoms. The van der Waals surface area contributed by atoms with E-state index in [4.69, 9.17) is 5.73 Å². The van der Waals surface area contributed by atoms with Crippen molar-refractivity contribution >= 4 is 17.6 Å². The van der Waals surface area contributed by atoms with Gasteiger partial charge in [-0.25, -0.2) is 9.37 Å². The van der Waals surface area contributed by atoms with Crippen molar-refractivity contribution in [3.05, 3.63) is 23.6 Å². The fraction of sp³-hybridized carbons (Fsp3) is 0.583. The number of hydrogen-bond acceptors (Lipinski definition) is 4. The molecule has 2 atom stereocenters. The van der Waals surface area contributed by atoms with Crippen molar-refractivity contribution in [3.63, 3.8) is 0 Å². The molecule has 0 radical (unpaired) electrons. The van der Waals surface area contributed by atoms with Crippen LogP contribution in [0.1, 0.15) is 19.4 Å². The molecule has 3 nitrogen and oxygen atoms in total. The molecular formula is C12H18FN3S. The fourth-order valence-corrected chi connectivity index (χ4v) is 3.53. The van der Waals surface area contributed by atoms with E-state index in [0.29, 0.717) is 21.9 Å². The van der Waals surface area contributed by atoms with Crippen LogP contribution in [0.15, 0.2) is 12.3 Å². The molecule has 1 aliphatic rings. The Morgan fingerprint density at radius 1 is 1.47 bits per heavy atom. The summed E-state index contributed by atoms with van der Waals surface area (Å²) in [5.41, 5.74) is 6.05. The van der Waals surface area contributed by atoms with E-state index in [0.717, 1.165) is 13.1 Å². The molecule has 2 heterocycles. The lowest BCUT2D eigenvalue weighted by Crippen LogP contribution is -2.41. The molecule has 17 heavy (non-hydrogen) atoms. The number of rotatable bonds is 2. The number of thioether (sulfide) groups is 1. The van der Waals surface area contributed by atoms with E-state index < -0.39 is 0 Å². The summed E-state index contributed by atoms with van der Waals surface area (Å²) in [6, 6.07) is 1.64. The van der Waals surface area contributed by atoms with Crippen LogP contribution in [0.5, 0.6) is 0 Å². The van der Waals surface area contributed by atoms with E-state index in [9.17, 15) is 4.39 Å².